The van der Waals surface area contributed by atoms with Crippen LogP contribution in [0, 0.1) is 5.41 Å². The van der Waals surface area contributed by atoms with E-state index in [4.69, 9.17) is 5.73 Å². The Kier molecular flexibility index (Phi) is 3.44. The van der Waals surface area contributed by atoms with Crippen LogP contribution in [0.4, 0.5) is 0 Å². The standard InChI is InChI=1S/C12H20N2S/c1-12(9-13)4-6-14(10-12)5-2-11-3-7-15-8-11/h3,7-8H,2,4-6,9-10,13H2,1H3. The average Bonchev–Trinajstić information content (AvgIpc) is 2.85. The van der Waals surface area contributed by atoms with Gasteiger partial charge in [0.25, 0.3) is 0 Å². The zero-order chi connectivity index (χ0) is 10.7. The number of nitrogens with zero attached hydrogens (tertiary/aromatic N) is 1. The van der Waals surface area contributed by atoms with Gasteiger partial charge in [0.2, 0.25) is 0 Å². The van der Waals surface area contributed by atoms with E-state index in [2.05, 4.69) is 28.7 Å². The summed E-state index contributed by atoms with van der Waals surface area (Å²) in [5.74, 6) is 0. The van der Waals surface area contributed by atoms with Crippen molar-refractivity contribution in [3.05, 3.63) is 22.4 Å². The fourth-order valence-corrected chi connectivity index (χ4v) is 2.91. The maximum absolute atomic E-state index is 5.80. The van der Waals surface area contributed by atoms with E-state index in [0.29, 0.717) is 5.41 Å². The van der Waals surface area contributed by atoms with Gasteiger partial charge in [0.05, 0.1) is 0 Å². The van der Waals surface area contributed by atoms with Crippen LogP contribution in [0.5, 0.6) is 0 Å². The highest BCUT2D eigenvalue weighted by Crippen LogP contribution is 2.28. The summed E-state index contributed by atoms with van der Waals surface area (Å²) in [7, 11) is 0. The Balaban J connectivity index is 1.78. The van der Waals surface area contributed by atoms with Crippen LogP contribution < -0.4 is 5.73 Å². The van der Waals surface area contributed by atoms with Gasteiger partial charge in [0.15, 0.2) is 0 Å². The Morgan fingerprint density at radius 1 is 1.60 bits per heavy atom. The first-order chi connectivity index (χ1) is 7.22. The van der Waals surface area contributed by atoms with Crippen molar-refractivity contribution in [2.45, 2.75) is 19.8 Å². The van der Waals surface area contributed by atoms with Crippen LogP contribution in [0.1, 0.15) is 18.9 Å². The molecule has 3 heteroatoms. The largest absolute Gasteiger partial charge is 0.330 e. The van der Waals surface area contributed by atoms with Gasteiger partial charge in [-0.1, -0.05) is 6.92 Å². The highest BCUT2D eigenvalue weighted by Gasteiger charge is 2.31. The Bertz CT molecular complexity index is 297. The van der Waals surface area contributed by atoms with Crippen LogP contribution in [0.2, 0.25) is 0 Å². The summed E-state index contributed by atoms with van der Waals surface area (Å²) in [6.45, 7) is 6.71. The number of nitrogens with two attached hydrogens (primary N) is 1. The van der Waals surface area contributed by atoms with Crippen molar-refractivity contribution in [1.29, 1.82) is 0 Å². The third-order valence-corrected chi connectivity index (χ3v) is 4.16. The van der Waals surface area contributed by atoms with Crippen molar-refractivity contribution in [3.63, 3.8) is 0 Å². The highest BCUT2D eigenvalue weighted by molar-refractivity contribution is 7.07. The lowest BCUT2D eigenvalue weighted by molar-refractivity contribution is 0.283. The predicted molar refractivity (Wildman–Crippen MR) is 66.2 cm³/mol. The van der Waals surface area contributed by atoms with Gasteiger partial charge in [0, 0.05) is 13.1 Å². The van der Waals surface area contributed by atoms with E-state index in [0.717, 1.165) is 6.54 Å². The lowest BCUT2D eigenvalue weighted by Crippen LogP contribution is -2.32. The Hall–Kier alpha value is -0.380. The van der Waals surface area contributed by atoms with Gasteiger partial charge in [-0.15, -0.1) is 0 Å². The maximum Gasteiger partial charge on any atom is 0.00480 e. The summed E-state index contributed by atoms with van der Waals surface area (Å²) in [4.78, 5) is 2.55. The summed E-state index contributed by atoms with van der Waals surface area (Å²) < 4.78 is 0. The number of rotatable bonds is 4. The van der Waals surface area contributed by atoms with Crippen molar-refractivity contribution in [3.8, 4) is 0 Å². The van der Waals surface area contributed by atoms with Gasteiger partial charge in [-0.3, -0.25) is 0 Å². The number of thiophene rings is 1. The highest BCUT2D eigenvalue weighted by atomic mass is 32.1. The minimum atomic E-state index is 0.370. The van der Waals surface area contributed by atoms with E-state index in [1.807, 2.05) is 0 Å². The van der Waals surface area contributed by atoms with Gasteiger partial charge in [-0.25, -0.2) is 0 Å². The van der Waals surface area contributed by atoms with Crippen LogP contribution in [0.3, 0.4) is 0 Å². The quantitative estimate of drug-likeness (QED) is 0.847. The molecule has 1 aliphatic rings. The van der Waals surface area contributed by atoms with Gasteiger partial charge < -0.3 is 10.6 Å². The molecule has 2 heterocycles. The molecule has 0 aromatic carbocycles. The second-order valence-corrected chi connectivity index (χ2v) is 5.70. The fraction of sp³-hybridized carbons (Fsp3) is 0.667. The van der Waals surface area contributed by atoms with Crippen LogP contribution >= 0.6 is 11.3 Å². The molecular formula is C12H20N2S. The van der Waals surface area contributed by atoms with Gasteiger partial charge in [-0.2, -0.15) is 11.3 Å². The molecule has 1 fully saturated rings. The van der Waals surface area contributed by atoms with E-state index in [1.54, 1.807) is 11.3 Å². The summed E-state index contributed by atoms with van der Waals surface area (Å²) in [5.41, 5.74) is 7.64. The molecule has 0 radical (unpaired) electrons. The van der Waals surface area contributed by atoms with Crippen molar-refractivity contribution in [2.75, 3.05) is 26.2 Å². The Morgan fingerprint density at radius 2 is 2.47 bits per heavy atom. The van der Waals surface area contributed by atoms with Gasteiger partial charge >= 0.3 is 0 Å². The molecule has 15 heavy (non-hydrogen) atoms. The lowest BCUT2D eigenvalue weighted by Gasteiger charge is -2.22. The molecule has 2 nitrogen and oxygen atoms in total. The van der Waals surface area contributed by atoms with Crippen molar-refractivity contribution >= 4 is 11.3 Å². The zero-order valence-electron chi connectivity index (χ0n) is 9.41. The number of likely N-dealkylation sites (tertiary alicyclic amines) is 1. The molecule has 0 spiro atoms. The summed E-state index contributed by atoms with van der Waals surface area (Å²) in [6.07, 6.45) is 2.44. The molecule has 2 N–H and O–H groups in total. The Morgan fingerprint density at radius 3 is 3.07 bits per heavy atom. The average molecular weight is 224 g/mol. The van der Waals surface area contributed by atoms with Crippen LogP contribution in [0.15, 0.2) is 16.8 Å². The topological polar surface area (TPSA) is 29.3 Å². The Labute approximate surface area is 96.1 Å². The van der Waals surface area contributed by atoms with E-state index >= 15 is 0 Å². The van der Waals surface area contributed by atoms with Crippen molar-refractivity contribution in [1.82, 2.24) is 4.90 Å². The molecule has 1 aromatic heterocycles. The van der Waals surface area contributed by atoms with Crippen molar-refractivity contribution in [2.24, 2.45) is 11.1 Å². The second-order valence-electron chi connectivity index (χ2n) is 4.92. The normalized spacial score (nSPS) is 27.3. The van der Waals surface area contributed by atoms with E-state index < -0.39 is 0 Å². The molecule has 1 aromatic rings. The second kappa shape index (κ2) is 4.64. The zero-order valence-corrected chi connectivity index (χ0v) is 10.2. The van der Waals surface area contributed by atoms with Crippen molar-refractivity contribution < 1.29 is 0 Å². The summed E-state index contributed by atoms with van der Waals surface area (Å²) in [6, 6.07) is 2.23. The maximum atomic E-state index is 5.80. The molecule has 84 valence electrons. The third-order valence-electron chi connectivity index (χ3n) is 3.43. The van der Waals surface area contributed by atoms with Crippen LogP contribution in [0.25, 0.3) is 0 Å². The molecule has 1 saturated heterocycles. The molecule has 1 unspecified atom stereocenters. The molecule has 1 atom stereocenters. The number of hydrogen-bond acceptors (Lipinski definition) is 3. The molecular weight excluding hydrogens is 204 g/mol. The first kappa shape index (κ1) is 11.1. The fourth-order valence-electron chi connectivity index (χ4n) is 2.21. The monoisotopic (exact) mass is 224 g/mol. The number of hydrogen-bond donors (Lipinski definition) is 1. The first-order valence-electron chi connectivity index (χ1n) is 5.65. The van der Waals surface area contributed by atoms with Gasteiger partial charge in [0.1, 0.15) is 0 Å². The molecule has 0 bridgehead atoms. The molecule has 0 saturated carbocycles. The van der Waals surface area contributed by atoms with E-state index in [-0.39, 0.29) is 0 Å². The van der Waals surface area contributed by atoms with Gasteiger partial charge in [-0.05, 0) is 53.7 Å². The summed E-state index contributed by atoms with van der Waals surface area (Å²) >= 11 is 1.79. The first-order valence-corrected chi connectivity index (χ1v) is 6.60. The molecule has 1 aliphatic heterocycles. The van der Waals surface area contributed by atoms with E-state index in [9.17, 15) is 0 Å². The third kappa shape index (κ3) is 2.80. The van der Waals surface area contributed by atoms with Crippen LogP contribution in [-0.2, 0) is 6.42 Å². The lowest BCUT2D eigenvalue weighted by atomic mass is 9.90. The molecule has 0 amide bonds. The van der Waals surface area contributed by atoms with Crippen LogP contribution in [-0.4, -0.2) is 31.1 Å². The summed E-state index contributed by atoms with van der Waals surface area (Å²) in [5, 5.41) is 4.40. The predicted octanol–water partition coefficient (Wildman–Crippen LogP) is 1.96. The molecule has 2 rings (SSSR count). The minimum absolute atomic E-state index is 0.370. The van der Waals surface area contributed by atoms with E-state index in [1.165, 1.54) is 38.0 Å². The SMILES string of the molecule is CC1(CN)CCN(CCc2ccsc2)C1. The minimum Gasteiger partial charge on any atom is -0.330 e. The molecule has 0 aliphatic carbocycles. The smallest absolute Gasteiger partial charge is 0.00480 e.